The van der Waals surface area contributed by atoms with Gasteiger partial charge in [-0.25, -0.2) is 9.97 Å². The summed E-state index contributed by atoms with van der Waals surface area (Å²) < 4.78 is 5.14. The van der Waals surface area contributed by atoms with Gasteiger partial charge in [0.05, 0.1) is 29.0 Å². The zero-order valence-corrected chi connectivity index (χ0v) is 21.3. The number of allylic oxidation sites excluding steroid dienone is 2. The molecule has 0 saturated heterocycles. The lowest BCUT2D eigenvalue weighted by Gasteiger charge is -2.48. The Morgan fingerprint density at radius 2 is 1.95 bits per heavy atom. The smallest absolute Gasteiger partial charge is 0.302 e. The number of benzene rings is 2. The SMILES string of the molecule is CC(=O)OCCc1cccc(-c2nc(C)nc3c2CC[C@H]2[C@H](C)C(=O)C(C#N)=C[C@]32c2ccccc2)c1. The molecule has 1 heterocycles. The minimum Gasteiger partial charge on any atom is -0.466 e. The molecule has 0 amide bonds. The van der Waals surface area contributed by atoms with Crippen LogP contribution in [0.3, 0.4) is 0 Å². The molecule has 0 aliphatic heterocycles. The number of carbonyl (C=O) groups is 2. The van der Waals surface area contributed by atoms with Crippen molar-refractivity contribution < 1.29 is 14.3 Å². The van der Waals surface area contributed by atoms with Crippen LogP contribution in [-0.2, 0) is 32.6 Å². The number of nitrogens with zero attached hydrogens (tertiary/aromatic N) is 3. The standard InChI is InChI=1S/C31H29N3O3/c1-19-27-13-12-26-28(23-9-7-8-22(16-23)14-15-37-21(3)35)33-20(2)34-30(26)31(27,17-24(18-32)29(19)36)25-10-5-4-6-11-25/h4-11,16-17,19,27H,12-15H2,1-3H3/t19-,27-,31+/m0/s1. The van der Waals surface area contributed by atoms with E-state index < -0.39 is 5.41 Å². The first-order valence-corrected chi connectivity index (χ1v) is 12.7. The fourth-order valence-electron chi connectivity index (χ4n) is 6.09. The van der Waals surface area contributed by atoms with Gasteiger partial charge in [-0.05, 0) is 49.0 Å². The molecule has 0 saturated carbocycles. The maximum atomic E-state index is 13.1. The highest BCUT2D eigenvalue weighted by atomic mass is 16.5. The highest BCUT2D eigenvalue weighted by Gasteiger charge is 2.53. The number of ketones is 1. The summed E-state index contributed by atoms with van der Waals surface area (Å²) in [5.41, 5.74) is 5.39. The number of nitriles is 1. The molecule has 0 spiro atoms. The summed E-state index contributed by atoms with van der Waals surface area (Å²) in [5.74, 6) is -0.0385. The van der Waals surface area contributed by atoms with Crippen LogP contribution in [0.2, 0.25) is 0 Å². The predicted octanol–water partition coefficient (Wildman–Crippen LogP) is 5.07. The van der Waals surface area contributed by atoms with Gasteiger partial charge in [0.15, 0.2) is 5.78 Å². The lowest BCUT2D eigenvalue weighted by molar-refractivity contribution is -0.140. The van der Waals surface area contributed by atoms with E-state index in [9.17, 15) is 14.9 Å². The Kier molecular flexibility index (Phi) is 6.47. The molecule has 37 heavy (non-hydrogen) atoms. The molecule has 2 aliphatic carbocycles. The first kappa shape index (κ1) is 24.6. The number of ether oxygens (including phenoxy) is 1. The van der Waals surface area contributed by atoms with E-state index in [0.29, 0.717) is 18.9 Å². The van der Waals surface area contributed by atoms with Gasteiger partial charge in [-0.15, -0.1) is 0 Å². The average molecular weight is 492 g/mol. The lowest BCUT2D eigenvalue weighted by Crippen LogP contribution is -2.48. The Morgan fingerprint density at radius 1 is 1.16 bits per heavy atom. The third kappa shape index (κ3) is 4.25. The van der Waals surface area contributed by atoms with Crippen molar-refractivity contribution in [1.82, 2.24) is 9.97 Å². The van der Waals surface area contributed by atoms with E-state index in [-0.39, 0.29) is 29.2 Å². The van der Waals surface area contributed by atoms with E-state index in [1.54, 1.807) is 0 Å². The van der Waals surface area contributed by atoms with Crippen molar-refractivity contribution in [3.63, 3.8) is 0 Å². The fraction of sp³-hybridized carbons (Fsp3) is 0.323. The molecule has 3 atom stereocenters. The maximum Gasteiger partial charge on any atom is 0.302 e. The van der Waals surface area contributed by atoms with Gasteiger partial charge in [0, 0.05) is 30.4 Å². The molecule has 2 aromatic carbocycles. The summed E-state index contributed by atoms with van der Waals surface area (Å²) in [5, 5.41) is 9.90. The molecule has 3 aromatic rings. The van der Waals surface area contributed by atoms with Crippen molar-refractivity contribution in [2.75, 3.05) is 6.61 Å². The maximum absolute atomic E-state index is 13.1. The van der Waals surface area contributed by atoms with Gasteiger partial charge < -0.3 is 4.74 Å². The monoisotopic (exact) mass is 491 g/mol. The van der Waals surface area contributed by atoms with Gasteiger partial charge in [-0.2, -0.15) is 5.26 Å². The number of rotatable bonds is 5. The Hall–Kier alpha value is -4.11. The van der Waals surface area contributed by atoms with Gasteiger partial charge in [-0.3, -0.25) is 9.59 Å². The minimum atomic E-state index is -0.692. The van der Waals surface area contributed by atoms with Crippen LogP contribution in [-0.4, -0.2) is 28.3 Å². The first-order chi connectivity index (χ1) is 17.8. The molecule has 5 rings (SSSR count). The molecule has 0 N–H and O–H groups in total. The molecular weight excluding hydrogens is 462 g/mol. The number of aryl methyl sites for hydroxylation is 1. The van der Waals surface area contributed by atoms with Gasteiger partial charge in [0.2, 0.25) is 0 Å². The molecule has 0 radical (unpaired) electrons. The second kappa shape index (κ2) is 9.74. The van der Waals surface area contributed by atoms with E-state index in [1.165, 1.54) is 6.92 Å². The van der Waals surface area contributed by atoms with Crippen molar-refractivity contribution in [2.45, 2.75) is 45.4 Å². The van der Waals surface area contributed by atoms with Crippen LogP contribution in [0.15, 0.2) is 66.2 Å². The zero-order chi connectivity index (χ0) is 26.2. The van der Waals surface area contributed by atoms with Crippen molar-refractivity contribution in [3.8, 4) is 17.3 Å². The Morgan fingerprint density at radius 3 is 2.68 bits per heavy atom. The summed E-state index contributed by atoms with van der Waals surface area (Å²) in [7, 11) is 0. The number of fused-ring (bicyclic) bond motifs is 3. The van der Waals surface area contributed by atoms with Crippen molar-refractivity contribution in [3.05, 3.63) is 94.5 Å². The molecule has 6 nitrogen and oxygen atoms in total. The molecule has 186 valence electrons. The lowest BCUT2D eigenvalue weighted by atomic mass is 9.54. The van der Waals surface area contributed by atoms with E-state index >= 15 is 0 Å². The highest BCUT2D eigenvalue weighted by Crippen LogP contribution is 2.54. The van der Waals surface area contributed by atoms with Crippen LogP contribution < -0.4 is 0 Å². The average Bonchev–Trinajstić information content (AvgIpc) is 2.90. The van der Waals surface area contributed by atoms with Crippen LogP contribution in [0.5, 0.6) is 0 Å². The summed E-state index contributed by atoms with van der Waals surface area (Å²) in [6.07, 6.45) is 4.02. The van der Waals surface area contributed by atoms with Crippen molar-refractivity contribution in [2.24, 2.45) is 11.8 Å². The number of esters is 1. The van der Waals surface area contributed by atoms with Crippen LogP contribution in [0, 0.1) is 30.1 Å². The molecule has 2 aliphatic rings. The number of carbonyl (C=O) groups excluding carboxylic acids is 2. The number of hydrogen-bond acceptors (Lipinski definition) is 6. The summed E-state index contributed by atoms with van der Waals surface area (Å²) >= 11 is 0. The second-order valence-corrected chi connectivity index (χ2v) is 9.94. The van der Waals surface area contributed by atoms with E-state index in [2.05, 4.69) is 24.3 Å². The van der Waals surface area contributed by atoms with E-state index in [1.807, 2.05) is 56.3 Å². The number of Topliss-reactive ketones (excluding diaryl/α,β-unsaturated/α-hetero) is 1. The topological polar surface area (TPSA) is 92.9 Å². The molecule has 1 aromatic heterocycles. The molecular formula is C31H29N3O3. The van der Waals surface area contributed by atoms with E-state index in [4.69, 9.17) is 14.7 Å². The summed E-state index contributed by atoms with van der Waals surface area (Å²) in [6, 6.07) is 20.4. The molecule has 0 fully saturated rings. The first-order valence-electron chi connectivity index (χ1n) is 12.7. The summed E-state index contributed by atoms with van der Waals surface area (Å²) in [4.78, 5) is 34.2. The van der Waals surface area contributed by atoms with E-state index in [0.717, 1.165) is 46.5 Å². The molecule has 0 unspecified atom stereocenters. The predicted molar refractivity (Wildman–Crippen MR) is 139 cm³/mol. The third-order valence-corrected chi connectivity index (χ3v) is 7.72. The van der Waals surface area contributed by atoms with Crippen LogP contribution in [0.25, 0.3) is 11.3 Å². The van der Waals surface area contributed by atoms with Gasteiger partial charge >= 0.3 is 5.97 Å². The molecule has 0 bridgehead atoms. The van der Waals surface area contributed by atoms with Gasteiger partial charge in [0.1, 0.15) is 11.9 Å². The fourth-order valence-corrected chi connectivity index (χ4v) is 6.09. The van der Waals surface area contributed by atoms with Crippen molar-refractivity contribution in [1.29, 1.82) is 5.26 Å². The van der Waals surface area contributed by atoms with Crippen LogP contribution in [0.1, 0.15) is 48.5 Å². The normalized spacial score (nSPS) is 22.3. The number of aromatic nitrogens is 2. The largest absolute Gasteiger partial charge is 0.466 e. The zero-order valence-electron chi connectivity index (χ0n) is 21.3. The quantitative estimate of drug-likeness (QED) is 0.463. The van der Waals surface area contributed by atoms with Crippen molar-refractivity contribution >= 4 is 11.8 Å². The van der Waals surface area contributed by atoms with Crippen LogP contribution >= 0.6 is 0 Å². The minimum absolute atomic E-state index is 0.00999. The van der Waals surface area contributed by atoms with Gasteiger partial charge in [-0.1, -0.05) is 55.5 Å². The second-order valence-electron chi connectivity index (χ2n) is 9.94. The Labute approximate surface area is 217 Å². The highest BCUT2D eigenvalue weighted by molar-refractivity contribution is 6.02. The van der Waals surface area contributed by atoms with Gasteiger partial charge in [0.25, 0.3) is 0 Å². The molecule has 6 heteroatoms. The number of hydrogen-bond donors (Lipinski definition) is 0. The summed E-state index contributed by atoms with van der Waals surface area (Å²) in [6.45, 7) is 5.57. The third-order valence-electron chi connectivity index (χ3n) is 7.72. The Bertz CT molecular complexity index is 1450. The Balaban J connectivity index is 1.71. The van der Waals surface area contributed by atoms with Crippen LogP contribution in [0.4, 0.5) is 0 Å².